The van der Waals surface area contributed by atoms with Crippen LogP contribution in [0.25, 0.3) is 0 Å². The fraction of sp³-hybridized carbons (Fsp3) is 0.500. The van der Waals surface area contributed by atoms with Crippen molar-refractivity contribution in [2.45, 2.75) is 25.2 Å². The van der Waals surface area contributed by atoms with Gasteiger partial charge in [0, 0.05) is 33.1 Å². The van der Waals surface area contributed by atoms with Gasteiger partial charge in [0.1, 0.15) is 0 Å². The molecule has 5 nitrogen and oxygen atoms in total. The number of hydrogen-bond acceptors (Lipinski definition) is 3. The highest BCUT2D eigenvalue weighted by atomic mass is 32.2. The third-order valence-electron chi connectivity index (χ3n) is 3.65. The van der Waals surface area contributed by atoms with Crippen LogP contribution in [-0.2, 0) is 21.2 Å². The van der Waals surface area contributed by atoms with Gasteiger partial charge in [0.15, 0.2) is 0 Å². The Labute approximate surface area is 120 Å². The van der Waals surface area contributed by atoms with Gasteiger partial charge in [0.05, 0.1) is 4.90 Å². The predicted octanol–water partition coefficient (Wildman–Crippen LogP) is 1.10. The average molecular weight is 296 g/mol. The number of carbonyl (C=O) groups excluding carboxylic acids is 1. The summed E-state index contributed by atoms with van der Waals surface area (Å²) in [5, 5.41) is 0. The number of hydrogen-bond donors (Lipinski definition) is 0. The van der Waals surface area contributed by atoms with E-state index in [4.69, 9.17) is 0 Å². The zero-order chi connectivity index (χ0) is 14.8. The second-order valence-electron chi connectivity index (χ2n) is 4.91. The minimum atomic E-state index is -3.44. The van der Waals surface area contributed by atoms with Gasteiger partial charge in [-0.05, 0) is 24.1 Å². The van der Waals surface area contributed by atoms with Crippen molar-refractivity contribution in [3.8, 4) is 0 Å². The van der Waals surface area contributed by atoms with E-state index in [-0.39, 0.29) is 5.91 Å². The molecule has 1 amide bonds. The molecule has 1 saturated heterocycles. The van der Waals surface area contributed by atoms with Gasteiger partial charge in [-0.2, -0.15) is 4.31 Å². The van der Waals surface area contributed by atoms with E-state index in [9.17, 15) is 13.2 Å². The molecule has 1 heterocycles. The number of piperazine rings is 1. The molecule has 1 aliphatic heterocycles. The number of aryl methyl sites for hydroxylation is 1. The highest BCUT2D eigenvalue weighted by Crippen LogP contribution is 2.18. The Balaban J connectivity index is 2.13. The largest absolute Gasteiger partial charge is 0.340 e. The fourth-order valence-electron chi connectivity index (χ4n) is 2.29. The first kappa shape index (κ1) is 15.0. The summed E-state index contributed by atoms with van der Waals surface area (Å²) in [7, 11) is -3.44. The summed E-state index contributed by atoms with van der Waals surface area (Å²) in [5.74, 6) is -0.00523. The second kappa shape index (κ2) is 5.93. The zero-order valence-electron chi connectivity index (χ0n) is 11.9. The Bertz CT molecular complexity index is 573. The summed E-state index contributed by atoms with van der Waals surface area (Å²) in [4.78, 5) is 13.3. The summed E-state index contributed by atoms with van der Waals surface area (Å²) < 4.78 is 26.4. The van der Waals surface area contributed by atoms with Crippen LogP contribution in [0, 0.1) is 0 Å². The Morgan fingerprint density at radius 3 is 2.10 bits per heavy atom. The van der Waals surface area contributed by atoms with E-state index in [0.717, 1.165) is 12.0 Å². The van der Waals surface area contributed by atoms with Crippen molar-refractivity contribution < 1.29 is 13.2 Å². The van der Waals surface area contributed by atoms with Crippen LogP contribution in [0.5, 0.6) is 0 Å². The second-order valence-corrected chi connectivity index (χ2v) is 6.85. The predicted molar refractivity (Wildman–Crippen MR) is 76.8 cm³/mol. The molecule has 1 fully saturated rings. The maximum Gasteiger partial charge on any atom is 0.243 e. The molecule has 0 spiro atoms. The van der Waals surface area contributed by atoms with Crippen molar-refractivity contribution in [3.63, 3.8) is 0 Å². The molecule has 0 atom stereocenters. The van der Waals surface area contributed by atoms with Crippen molar-refractivity contribution in [2.24, 2.45) is 0 Å². The number of carbonyl (C=O) groups is 1. The van der Waals surface area contributed by atoms with Gasteiger partial charge in [-0.1, -0.05) is 19.1 Å². The van der Waals surface area contributed by atoms with Crippen LogP contribution in [0.1, 0.15) is 19.4 Å². The SMILES string of the molecule is CCc1ccc(S(=O)(=O)N2CCN(C(C)=O)CC2)cc1. The molecule has 0 N–H and O–H groups in total. The number of sulfonamides is 1. The molecule has 0 bridgehead atoms. The van der Waals surface area contributed by atoms with Crippen LogP contribution < -0.4 is 0 Å². The van der Waals surface area contributed by atoms with E-state index in [2.05, 4.69) is 0 Å². The minimum absolute atomic E-state index is 0.00523. The van der Waals surface area contributed by atoms with Crippen molar-refractivity contribution in [3.05, 3.63) is 29.8 Å². The van der Waals surface area contributed by atoms with E-state index in [1.807, 2.05) is 19.1 Å². The monoisotopic (exact) mass is 296 g/mol. The van der Waals surface area contributed by atoms with Gasteiger partial charge in [-0.3, -0.25) is 4.79 Å². The zero-order valence-corrected chi connectivity index (χ0v) is 12.7. The van der Waals surface area contributed by atoms with Gasteiger partial charge >= 0.3 is 0 Å². The van der Waals surface area contributed by atoms with Crippen molar-refractivity contribution >= 4 is 15.9 Å². The summed E-state index contributed by atoms with van der Waals surface area (Å²) in [6.45, 7) is 5.18. The minimum Gasteiger partial charge on any atom is -0.340 e. The molecular weight excluding hydrogens is 276 g/mol. The highest BCUT2D eigenvalue weighted by Gasteiger charge is 2.28. The molecule has 1 aromatic carbocycles. The van der Waals surface area contributed by atoms with Crippen LogP contribution in [0.2, 0.25) is 0 Å². The van der Waals surface area contributed by atoms with Gasteiger partial charge < -0.3 is 4.90 Å². The van der Waals surface area contributed by atoms with Crippen LogP contribution in [0.15, 0.2) is 29.2 Å². The van der Waals surface area contributed by atoms with Gasteiger partial charge in [0.2, 0.25) is 15.9 Å². The van der Waals surface area contributed by atoms with E-state index in [1.54, 1.807) is 17.0 Å². The third-order valence-corrected chi connectivity index (χ3v) is 5.57. The van der Waals surface area contributed by atoms with Crippen molar-refractivity contribution in [1.82, 2.24) is 9.21 Å². The Kier molecular flexibility index (Phi) is 4.45. The quantitative estimate of drug-likeness (QED) is 0.839. The lowest BCUT2D eigenvalue weighted by atomic mass is 10.2. The van der Waals surface area contributed by atoms with Crippen molar-refractivity contribution in [2.75, 3.05) is 26.2 Å². The van der Waals surface area contributed by atoms with Crippen LogP contribution in [0.4, 0.5) is 0 Å². The Hall–Kier alpha value is -1.40. The fourth-order valence-corrected chi connectivity index (χ4v) is 3.71. The summed E-state index contributed by atoms with van der Waals surface area (Å²) in [5.41, 5.74) is 1.12. The third kappa shape index (κ3) is 3.02. The molecule has 110 valence electrons. The molecule has 0 radical (unpaired) electrons. The maximum absolute atomic E-state index is 12.5. The van der Waals surface area contributed by atoms with E-state index < -0.39 is 10.0 Å². The Morgan fingerprint density at radius 2 is 1.65 bits per heavy atom. The lowest BCUT2D eigenvalue weighted by molar-refractivity contribution is -0.129. The summed E-state index contributed by atoms with van der Waals surface area (Å²) in [6.07, 6.45) is 0.887. The molecule has 1 aromatic rings. The normalized spacial score (nSPS) is 17.2. The number of nitrogens with zero attached hydrogens (tertiary/aromatic N) is 2. The van der Waals surface area contributed by atoms with Crippen LogP contribution in [0.3, 0.4) is 0 Å². The molecule has 0 aliphatic carbocycles. The van der Waals surface area contributed by atoms with Gasteiger partial charge in [-0.25, -0.2) is 8.42 Å². The molecule has 6 heteroatoms. The standard InChI is InChI=1S/C14H20N2O3S/c1-3-13-4-6-14(7-5-13)20(18,19)16-10-8-15(9-11-16)12(2)17/h4-7H,3,8-11H2,1-2H3. The number of benzene rings is 1. The van der Waals surface area contributed by atoms with E-state index >= 15 is 0 Å². The van der Waals surface area contributed by atoms with Crippen molar-refractivity contribution in [1.29, 1.82) is 0 Å². The number of rotatable bonds is 3. The maximum atomic E-state index is 12.5. The average Bonchev–Trinajstić information content (AvgIpc) is 2.47. The van der Waals surface area contributed by atoms with Crippen LogP contribution in [-0.4, -0.2) is 49.7 Å². The lowest BCUT2D eigenvalue weighted by Crippen LogP contribution is -2.49. The topological polar surface area (TPSA) is 57.7 Å². The lowest BCUT2D eigenvalue weighted by Gasteiger charge is -2.33. The first-order valence-corrected chi connectivity index (χ1v) is 8.23. The summed E-state index contributed by atoms with van der Waals surface area (Å²) in [6, 6.07) is 7.01. The highest BCUT2D eigenvalue weighted by molar-refractivity contribution is 7.89. The van der Waals surface area contributed by atoms with E-state index in [1.165, 1.54) is 11.2 Å². The smallest absolute Gasteiger partial charge is 0.243 e. The first-order chi connectivity index (χ1) is 9.45. The van der Waals surface area contributed by atoms with Gasteiger partial charge in [-0.15, -0.1) is 0 Å². The van der Waals surface area contributed by atoms with Crippen LogP contribution >= 0.6 is 0 Å². The van der Waals surface area contributed by atoms with E-state index in [0.29, 0.717) is 31.1 Å². The molecule has 2 rings (SSSR count). The first-order valence-electron chi connectivity index (χ1n) is 6.79. The molecular formula is C14H20N2O3S. The summed E-state index contributed by atoms with van der Waals surface area (Å²) >= 11 is 0. The number of amides is 1. The molecule has 0 aromatic heterocycles. The molecule has 0 saturated carbocycles. The Morgan fingerprint density at radius 1 is 1.10 bits per heavy atom. The molecule has 0 unspecified atom stereocenters. The molecule has 20 heavy (non-hydrogen) atoms. The molecule has 1 aliphatic rings. The van der Waals surface area contributed by atoms with Gasteiger partial charge in [0.25, 0.3) is 0 Å².